The van der Waals surface area contributed by atoms with E-state index in [9.17, 15) is 22.8 Å². The van der Waals surface area contributed by atoms with E-state index in [-0.39, 0.29) is 35.6 Å². The molecule has 0 saturated heterocycles. The summed E-state index contributed by atoms with van der Waals surface area (Å²) in [7, 11) is 0. The van der Waals surface area contributed by atoms with Gasteiger partial charge in [0, 0.05) is 11.6 Å². The number of fused-ring (bicyclic) bond motifs is 1. The van der Waals surface area contributed by atoms with Gasteiger partial charge in [-0.2, -0.15) is 18.3 Å². The number of hydrogen-bond acceptors (Lipinski definition) is 4. The summed E-state index contributed by atoms with van der Waals surface area (Å²) in [6.45, 7) is 0.336. The molecule has 2 aromatic carbocycles. The van der Waals surface area contributed by atoms with Crippen LogP contribution in [0.3, 0.4) is 0 Å². The molecule has 4 aromatic rings. The Morgan fingerprint density at radius 1 is 1.12 bits per heavy atom. The van der Waals surface area contributed by atoms with Crippen molar-refractivity contribution in [2.75, 3.05) is 6.54 Å². The summed E-state index contributed by atoms with van der Waals surface area (Å²) < 4.78 is 41.5. The number of carbonyl (C=O) groups is 1. The lowest BCUT2D eigenvalue weighted by atomic mass is 10.1. The maximum absolute atomic E-state index is 13.0. The molecule has 0 saturated carbocycles. The lowest BCUT2D eigenvalue weighted by molar-refractivity contribution is -0.137. The zero-order valence-corrected chi connectivity index (χ0v) is 18.8. The molecule has 0 aliphatic carbocycles. The zero-order chi connectivity index (χ0) is 24.5. The molecule has 0 aliphatic heterocycles. The van der Waals surface area contributed by atoms with Gasteiger partial charge in [-0.3, -0.25) is 14.2 Å². The number of nitrogens with one attached hydrogen (secondary N) is 1. The predicted molar refractivity (Wildman–Crippen MR) is 121 cm³/mol. The van der Waals surface area contributed by atoms with Crippen molar-refractivity contribution in [1.82, 2.24) is 24.6 Å². The Kier molecular flexibility index (Phi) is 6.63. The molecule has 0 bridgehead atoms. The van der Waals surface area contributed by atoms with Crippen molar-refractivity contribution in [3.05, 3.63) is 92.1 Å². The number of amides is 1. The number of hydrogen-bond donors (Lipinski definition) is 1. The van der Waals surface area contributed by atoms with Gasteiger partial charge in [-0.05, 0) is 35.9 Å². The van der Waals surface area contributed by atoms with Crippen molar-refractivity contribution in [3.8, 4) is 0 Å². The number of nitrogens with zero attached hydrogens (tertiary/aromatic N) is 4. The van der Waals surface area contributed by atoms with Crippen LogP contribution in [0, 0.1) is 0 Å². The summed E-state index contributed by atoms with van der Waals surface area (Å²) >= 11 is 11.9. The van der Waals surface area contributed by atoms with Gasteiger partial charge in [0.2, 0.25) is 0 Å². The fourth-order valence-electron chi connectivity index (χ4n) is 3.36. The first-order chi connectivity index (χ1) is 16.1. The highest BCUT2D eigenvalue weighted by molar-refractivity contribution is 6.36. The van der Waals surface area contributed by atoms with Gasteiger partial charge >= 0.3 is 6.18 Å². The number of rotatable bonds is 6. The topological polar surface area (TPSA) is 81.8 Å². The summed E-state index contributed by atoms with van der Waals surface area (Å²) in [6.07, 6.45) is -1.88. The Hall–Kier alpha value is -3.37. The largest absolute Gasteiger partial charge is 0.416 e. The van der Waals surface area contributed by atoms with Crippen molar-refractivity contribution >= 4 is 40.1 Å². The van der Waals surface area contributed by atoms with Crippen LogP contribution in [-0.4, -0.2) is 31.8 Å². The fourth-order valence-corrected chi connectivity index (χ4v) is 3.85. The van der Waals surface area contributed by atoms with Gasteiger partial charge in [-0.15, -0.1) is 0 Å². The molecular formula is C22H16Cl2F3N5O2. The highest BCUT2D eigenvalue weighted by atomic mass is 35.5. The van der Waals surface area contributed by atoms with Crippen LogP contribution in [-0.2, 0) is 19.3 Å². The lowest BCUT2D eigenvalue weighted by Gasteiger charge is -2.10. The molecule has 0 aliphatic rings. The van der Waals surface area contributed by atoms with E-state index in [1.807, 2.05) is 0 Å². The van der Waals surface area contributed by atoms with Crippen LogP contribution in [0.2, 0.25) is 10.0 Å². The molecule has 2 aromatic heterocycles. The predicted octanol–water partition coefficient (Wildman–Crippen LogP) is 4.40. The van der Waals surface area contributed by atoms with E-state index in [1.54, 1.807) is 6.07 Å². The minimum Gasteiger partial charge on any atom is -0.350 e. The van der Waals surface area contributed by atoms with Gasteiger partial charge in [-0.1, -0.05) is 35.3 Å². The third-order valence-electron chi connectivity index (χ3n) is 5.01. The summed E-state index contributed by atoms with van der Waals surface area (Å²) in [5, 5.41) is 7.70. The van der Waals surface area contributed by atoms with Gasteiger partial charge in [0.1, 0.15) is 11.7 Å². The van der Waals surface area contributed by atoms with Gasteiger partial charge in [0.25, 0.3) is 11.5 Å². The SMILES string of the molecule is O=C(NCCn1ncc2c(=O)n(Cc3cccc(C(F)(F)F)c3)cnc21)c1ccc(Cl)cc1Cl. The van der Waals surface area contributed by atoms with E-state index in [4.69, 9.17) is 23.2 Å². The van der Waals surface area contributed by atoms with Crippen LogP contribution in [0.25, 0.3) is 11.0 Å². The van der Waals surface area contributed by atoms with Gasteiger partial charge in [0.05, 0.1) is 35.4 Å². The minimum atomic E-state index is -4.47. The third-order valence-corrected chi connectivity index (χ3v) is 5.56. The van der Waals surface area contributed by atoms with E-state index >= 15 is 0 Å². The summed E-state index contributed by atoms with van der Waals surface area (Å²) in [6, 6.07) is 9.29. The molecule has 0 radical (unpaired) electrons. The summed E-state index contributed by atoms with van der Waals surface area (Å²) in [4.78, 5) is 29.4. The fraction of sp³-hybridized carbons (Fsp3) is 0.182. The average molecular weight is 510 g/mol. The molecule has 4 rings (SSSR count). The number of halogens is 5. The monoisotopic (exact) mass is 509 g/mol. The maximum Gasteiger partial charge on any atom is 0.416 e. The Balaban J connectivity index is 1.47. The van der Waals surface area contributed by atoms with Crippen molar-refractivity contribution < 1.29 is 18.0 Å². The van der Waals surface area contributed by atoms with E-state index in [1.165, 1.54) is 46.0 Å². The molecule has 1 amide bonds. The first kappa shape index (κ1) is 23.8. The Morgan fingerprint density at radius 3 is 2.65 bits per heavy atom. The molecule has 7 nitrogen and oxygen atoms in total. The van der Waals surface area contributed by atoms with E-state index in [0.29, 0.717) is 16.2 Å². The highest BCUT2D eigenvalue weighted by Crippen LogP contribution is 2.29. The van der Waals surface area contributed by atoms with Crippen LogP contribution >= 0.6 is 23.2 Å². The molecule has 0 spiro atoms. The second-order valence-corrected chi connectivity index (χ2v) is 8.20. The van der Waals surface area contributed by atoms with Crippen LogP contribution in [0.5, 0.6) is 0 Å². The lowest BCUT2D eigenvalue weighted by Crippen LogP contribution is -2.28. The number of benzene rings is 2. The van der Waals surface area contributed by atoms with Gasteiger partial charge in [0.15, 0.2) is 5.65 Å². The van der Waals surface area contributed by atoms with Crippen LogP contribution in [0.15, 0.2) is 59.8 Å². The minimum absolute atomic E-state index is 0.0746. The van der Waals surface area contributed by atoms with Gasteiger partial charge < -0.3 is 5.32 Å². The first-order valence-corrected chi connectivity index (χ1v) is 10.7. The van der Waals surface area contributed by atoms with Crippen LogP contribution in [0.1, 0.15) is 21.5 Å². The molecule has 1 N–H and O–H groups in total. The molecule has 2 heterocycles. The molecule has 0 unspecified atom stereocenters. The molecule has 0 fully saturated rings. The zero-order valence-electron chi connectivity index (χ0n) is 17.3. The van der Waals surface area contributed by atoms with E-state index in [2.05, 4.69) is 15.4 Å². The van der Waals surface area contributed by atoms with E-state index in [0.717, 1.165) is 12.1 Å². The van der Waals surface area contributed by atoms with Crippen molar-refractivity contribution in [2.45, 2.75) is 19.3 Å². The summed E-state index contributed by atoms with van der Waals surface area (Å²) in [5.74, 6) is -0.394. The van der Waals surface area contributed by atoms with Gasteiger partial charge in [-0.25, -0.2) is 9.67 Å². The molecular weight excluding hydrogens is 494 g/mol. The molecule has 176 valence electrons. The second-order valence-electron chi connectivity index (χ2n) is 7.36. The third kappa shape index (κ3) is 5.07. The number of carbonyl (C=O) groups excluding carboxylic acids is 1. The van der Waals surface area contributed by atoms with Crippen LogP contribution in [0.4, 0.5) is 13.2 Å². The molecule has 12 heteroatoms. The average Bonchev–Trinajstić information content (AvgIpc) is 3.19. The second kappa shape index (κ2) is 9.47. The standard InChI is InChI=1S/C22H16Cl2F3N5O2/c23-15-4-5-16(18(24)9-15)20(33)28-6-7-32-19-17(10-30-32)21(34)31(12-29-19)11-13-2-1-3-14(8-13)22(25,26)27/h1-5,8-10,12H,6-7,11H2,(H,28,33). The highest BCUT2D eigenvalue weighted by Gasteiger charge is 2.30. The quantitative estimate of drug-likeness (QED) is 0.417. The number of alkyl halides is 3. The smallest absolute Gasteiger partial charge is 0.350 e. The van der Waals surface area contributed by atoms with Crippen LogP contribution < -0.4 is 10.9 Å². The Labute approximate surface area is 200 Å². The molecule has 0 atom stereocenters. The van der Waals surface area contributed by atoms with Crippen molar-refractivity contribution in [3.63, 3.8) is 0 Å². The normalized spacial score (nSPS) is 11.7. The Bertz CT molecular complexity index is 1430. The first-order valence-electron chi connectivity index (χ1n) is 9.94. The Morgan fingerprint density at radius 2 is 1.91 bits per heavy atom. The maximum atomic E-state index is 13.0. The number of aromatic nitrogens is 4. The van der Waals surface area contributed by atoms with E-state index < -0.39 is 23.2 Å². The molecule has 34 heavy (non-hydrogen) atoms. The van der Waals surface area contributed by atoms with Crippen molar-refractivity contribution in [1.29, 1.82) is 0 Å². The summed E-state index contributed by atoms with van der Waals surface area (Å²) in [5.41, 5.74) is -0.349. The van der Waals surface area contributed by atoms with Crippen molar-refractivity contribution in [2.24, 2.45) is 0 Å².